The van der Waals surface area contributed by atoms with Crippen LogP contribution in [0.15, 0.2) is 6.07 Å². The third-order valence-electron chi connectivity index (χ3n) is 5.08. The van der Waals surface area contributed by atoms with Gasteiger partial charge in [-0.2, -0.15) is 0 Å². The standard InChI is InChI=1S/C18H26O2/c1-11-13-8-9-15(12-6-5-7-12)20-16(13)10-14(17(11)19)18(2,3)4/h10,12,15,19H,5-9H2,1-4H3. The number of benzene rings is 1. The van der Waals surface area contributed by atoms with Crippen molar-refractivity contribution in [3.05, 3.63) is 22.8 Å². The van der Waals surface area contributed by atoms with E-state index >= 15 is 0 Å². The van der Waals surface area contributed by atoms with Crippen LogP contribution in [-0.2, 0) is 11.8 Å². The first-order valence-corrected chi connectivity index (χ1v) is 7.90. The van der Waals surface area contributed by atoms with Gasteiger partial charge in [0.05, 0.1) is 0 Å². The summed E-state index contributed by atoms with van der Waals surface area (Å²) < 4.78 is 6.30. The highest BCUT2D eigenvalue weighted by molar-refractivity contribution is 5.55. The van der Waals surface area contributed by atoms with Crippen LogP contribution in [0, 0.1) is 12.8 Å². The fraction of sp³-hybridized carbons (Fsp3) is 0.667. The molecule has 1 atom stereocenters. The molecule has 0 radical (unpaired) electrons. The Morgan fingerprint density at radius 1 is 1.20 bits per heavy atom. The number of phenolic OH excluding ortho intramolecular Hbond substituents is 1. The topological polar surface area (TPSA) is 29.5 Å². The van der Waals surface area contributed by atoms with E-state index in [0.29, 0.717) is 11.9 Å². The molecule has 0 aromatic heterocycles. The van der Waals surface area contributed by atoms with Gasteiger partial charge in [0.2, 0.25) is 0 Å². The maximum Gasteiger partial charge on any atom is 0.123 e. The zero-order chi connectivity index (χ0) is 14.5. The van der Waals surface area contributed by atoms with E-state index in [9.17, 15) is 5.11 Å². The van der Waals surface area contributed by atoms with Crippen molar-refractivity contribution in [1.82, 2.24) is 0 Å². The molecule has 1 aliphatic heterocycles. The summed E-state index contributed by atoms with van der Waals surface area (Å²) in [5.74, 6) is 2.24. The Labute approximate surface area is 122 Å². The van der Waals surface area contributed by atoms with E-state index in [4.69, 9.17) is 4.74 Å². The van der Waals surface area contributed by atoms with Crippen molar-refractivity contribution in [2.24, 2.45) is 5.92 Å². The van der Waals surface area contributed by atoms with Crippen LogP contribution in [0.5, 0.6) is 11.5 Å². The molecule has 0 bridgehead atoms. The summed E-state index contributed by atoms with van der Waals surface area (Å²) in [7, 11) is 0. The second-order valence-corrected chi connectivity index (χ2v) is 7.51. The summed E-state index contributed by atoms with van der Waals surface area (Å²) in [4.78, 5) is 0. The van der Waals surface area contributed by atoms with Gasteiger partial charge in [-0.3, -0.25) is 0 Å². The number of hydrogen-bond donors (Lipinski definition) is 1. The van der Waals surface area contributed by atoms with Crippen LogP contribution in [0.4, 0.5) is 0 Å². The summed E-state index contributed by atoms with van der Waals surface area (Å²) in [6.45, 7) is 8.44. The van der Waals surface area contributed by atoms with Gasteiger partial charge in [-0.25, -0.2) is 0 Å². The first-order valence-electron chi connectivity index (χ1n) is 7.90. The van der Waals surface area contributed by atoms with Gasteiger partial charge in [-0.05, 0) is 55.6 Å². The molecule has 2 aliphatic rings. The van der Waals surface area contributed by atoms with Crippen molar-refractivity contribution in [2.45, 2.75) is 71.3 Å². The maximum atomic E-state index is 10.5. The van der Waals surface area contributed by atoms with E-state index in [2.05, 4.69) is 26.8 Å². The molecule has 0 saturated heterocycles. The average molecular weight is 274 g/mol. The molecule has 2 heteroatoms. The van der Waals surface area contributed by atoms with Gasteiger partial charge in [-0.15, -0.1) is 0 Å². The second-order valence-electron chi connectivity index (χ2n) is 7.51. The molecule has 20 heavy (non-hydrogen) atoms. The molecule has 1 unspecified atom stereocenters. The number of aromatic hydroxyl groups is 1. The monoisotopic (exact) mass is 274 g/mol. The van der Waals surface area contributed by atoms with Crippen molar-refractivity contribution in [1.29, 1.82) is 0 Å². The van der Waals surface area contributed by atoms with Crippen LogP contribution in [0.3, 0.4) is 0 Å². The molecular weight excluding hydrogens is 248 g/mol. The third-order valence-corrected chi connectivity index (χ3v) is 5.08. The van der Waals surface area contributed by atoms with E-state index in [-0.39, 0.29) is 5.41 Å². The average Bonchev–Trinajstić information content (AvgIpc) is 2.30. The minimum atomic E-state index is -0.0589. The highest BCUT2D eigenvalue weighted by Crippen LogP contribution is 2.44. The van der Waals surface area contributed by atoms with Crippen LogP contribution in [0.2, 0.25) is 0 Å². The van der Waals surface area contributed by atoms with Gasteiger partial charge < -0.3 is 9.84 Å². The fourth-order valence-electron chi connectivity index (χ4n) is 3.46. The van der Waals surface area contributed by atoms with Gasteiger partial charge in [0, 0.05) is 11.1 Å². The molecule has 0 spiro atoms. The molecule has 1 aromatic carbocycles. The van der Waals surface area contributed by atoms with E-state index in [1.54, 1.807) is 0 Å². The number of hydrogen-bond acceptors (Lipinski definition) is 2. The predicted molar refractivity (Wildman–Crippen MR) is 81.6 cm³/mol. The van der Waals surface area contributed by atoms with Crippen molar-refractivity contribution in [2.75, 3.05) is 0 Å². The summed E-state index contributed by atoms with van der Waals surface area (Å²) in [5, 5.41) is 10.5. The van der Waals surface area contributed by atoms with Crippen LogP contribution in [-0.4, -0.2) is 11.2 Å². The van der Waals surface area contributed by atoms with Crippen LogP contribution < -0.4 is 4.74 Å². The molecule has 3 rings (SSSR count). The lowest BCUT2D eigenvalue weighted by Gasteiger charge is -2.38. The van der Waals surface area contributed by atoms with Crippen LogP contribution in [0.25, 0.3) is 0 Å². The Bertz CT molecular complexity index is 521. The van der Waals surface area contributed by atoms with Gasteiger partial charge in [0.1, 0.15) is 17.6 Å². The lowest BCUT2D eigenvalue weighted by molar-refractivity contribution is 0.0660. The minimum Gasteiger partial charge on any atom is -0.507 e. The lowest BCUT2D eigenvalue weighted by atomic mass is 9.77. The van der Waals surface area contributed by atoms with Gasteiger partial charge in [0.15, 0.2) is 0 Å². The normalized spacial score (nSPS) is 22.9. The quantitative estimate of drug-likeness (QED) is 0.817. The largest absolute Gasteiger partial charge is 0.507 e. The van der Waals surface area contributed by atoms with Crippen LogP contribution >= 0.6 is 0 Å². The predicted octanol–water partition coefficient (Wildman–Crippen LogP) is 4.49. The smallest absolute Gasteiger partial charge is 0.123 e. The molecule has 1 aromatic rings. The molecule has 2 nitrogen and oxygen atoms in total. The second kappa shape index (κ2) is 4.68. The Kier molecular flexibility index (Phi) is 3.23. The van der Waals surface area contributed by atoms with Crippen molar-refractivity contribution < 1.29 is 9.84 Å². The van der Waals surface area contributed by atoms with Gasteiger partial charge in [0.25, 0.3) is 0 Å². The lowest BCUT2D eigenvalue weighted by Crippen LogP contribution is -2.35. The first-order chi connectivity index (χ1) is 9.38. The van der Waals surface area contributed by atoms with E-state index in [1.807, 2.05) is 6.92 Å². The molecule has 110 valence electrons. The Hall–Kier alpha value is -1.18. The Morgan fingerprint density at radius 2 is 1.90 bits per heavy atom. The van der Waals surface area contributed by atoms with E-state index in [1.165, 1.54) is 24.8 Å². The molecule has 1 aliphatic carbocycles. The number of ether oxygens (including phenoxy) is 1. The highest BCUT2D eigenvalue weighted by atomic mass is 16.5. The van der Waals surface area contributed by atoms with Gasteiger partial charge in [-0.1, -0.05) is 27.2 Å². The highest BCUT2D eigenvalue weighted by Gasteiger charge is 2.34. The maximum absolute atomic E-state index is 10.5. The molecule has 1 saturated carbocycles. The molecule has 1 N–H and O–H groups in total. The minimum absolute atomic E-state index is 0.0589. The number of fused-ring (bicyclic) bond motifs is 1. The Morgan fingerprint density at radius 3 is 2.45 bits per heavy atom. The fourth-order valence-corrected chi connectivity index (χ4v) is 3.46. The van der Waals surface area contributed by atoms with Crippen molar-refractivity contribution in [3.63, 3.8) is 0 Å². The molecule has 0 amide bonds. The Balaban J connectivity index is 1.98. The van der Waals surface area contributed by atoms with Crippen molar-refractivity contribution in [3.8, 4) is 11.5 Å². The van der Waals surface area contributed by atoms with E-state index in [0.717, 1.165) is 35.6 Å². The summed E-state index contributed by atoms with van der Waals surface area (Å²) in [6.07, 6.45) is 6.55. The number of rotatable bonds is 1. The number of phenols is 1. The van der Waals surface area contributed by atoms with E-state index < -0.39 is 0 Å². The SMILES string of the molecule is Cc1c(O)c(C(C)(C)C)cc2c1CCC(C1CCC1)O2. The summed E-state index contributed by atoms with van der Waals surface area (Å²) >= 11 is 0. The molecular formula is C18H26O2. The molecule has 1 heterocycles. The third kappa shape index (κ3) is 2.19. The van der Waals surface area contributed by atoms with Gasteiger partial charge >= 0.3 is 0 Å². The zero-order valence-corrected chi connectivity index (χ0v) is 13.1. The summed E-state index contributed by atoms with van der Waals surface area (Å²) in [6, 6.07) is 2.09. The zero-order valence-electron chi connectivity index (χ0n) is 13.1. The molecule has 1 fully saturated rings. The summed E-state index contributed by atoms with van der Waals surface area (Å²) in [5.41, 5.74) is 3.17. The van der Waals surface area contributed by atoms with Crippen LogP contribution in [0.1, 0.15) is 63.1 Å². The first kappa shape index (κ1) is 13.8. The van der Waals surface area contributed by atoms with Crippen molar-refractivity contribution >= 4 is 0 Å².